The van der Waals surface area contributed by atoms with Crippen LogP contribution in [0.2, 0.25) is 0 Å². The van der Waals surface area contributed by atoms with Crippen molar-refractivity contribution in [2.75, 3.05) is 19.8 Å². The van der Waals surface area contributed by atoms with Crippen LogP contribution >= 0.6 is 0 Å². The van der Waals surface area contributed by atoms with Crippen molar-refractivity contribution in [3.63, 3.8) is 0 Å². The van der Waals surface area contributed by atoms with E-state index in [1.807, 2.05) is 0 Å². The Morgan fingerprint density at radius 2 is 2.47 bits per heavy atom. The smallest absolute Gasteiger partial charge is 0.213 e. The molecule has 82 valence electrons. The van der Waals surface area contributed by atoms with Crippen LogP contribution in [0.3, 0.4) is 0 Å². The number of nitrogens with zero attached hydrogens (tertiary/aromatic N) is 1. The lowest BCUT2D eigenvalue weighted by Crippen LogP contribution is -2.46. The molecule has 0 aliphatic carbocycles. The maximum absolute atomic E-state index is 12.5. The molecule has 4 nitrogen and oxygen atoms in total. The molecule has 0 amide bonds. The summed E-state index contributed by atoms with van der Waals surface area (Å²) in [5.41, 5.74) is 5.55. The zero-order valence-electron chi connectivity index (χ0n) is 8.28. The lowest BCUT2D eigenvalue weighted by molar-refractivity contribution is 0.150. The Hall–Kier alpha value is -1.20. The van der Waals surface area contributed by atoms with Gasteiger partial charge >= 0.3 is 0 Å². The molecule has 2 rings (SSSR count). The van der Waals surface area contributed by atoms with Crippen LogP contribution in [-0.2, 0) is 4.74 Å². The van der Waals surface area contributed by atoms with Gasteiger partial charge in [-0.1, -0.05) is 0 Å². The Labute approximate surface area is 87.2 Å². The van der Waals surface area contributed by atoms with Crippen molar-refractivity contribution < 1.29 is 13.9 Å². The highest BCUT2D eigenvalue weighted by molar-refractivity contribution is 5.11. The summed E-state index contributed by atoms with van der Waals surface area (Å²) < 4.78 is 23.1. The summed E-state index contributed by atoms with van der Waals surface area (Å²) >= 11 is 0. The number of halogens is 1. The second kappa shape index (κ2) is 4.12. The zero-order valence-corrected chi connectivity index (χ0v) is 8.28. The zero-order chi connectivity index (χ0) is 10.7. The average molecular weight is 212 g/mol. The van der Waals surface area contributed by atoms with Crippen molar-refractivity contribution in [1.82, 2.24) is 4.98 Å². The Kier molecular flexibility index (Phi) is 2.83. The van der Waals surface area contributed by atoms with E-state index in [1.165, 1.54) is 12.1 Å². The SMILES string of the molecule is NC1(COc2ccc(F)cn2)CCOC1. The second-order valence-corrected chi connectivity index (χ2v) is 3.77. The Morgan fingerprint density at radius 1 is 1.60 bits per heavy atom. The maximum Gasteiger partial charge on any atom is 0.213 e. The first kappa shape index (κ1) is 10.3. The summed E-state index contributed by atoms with van der Waals surface area (Å²) in [4.78, 5) is 3.78. The fraction of sp³-hybridized carbons (Fsp3) is 0.500. The average Bonchev–Trinajstić information content (AvgIpc) is 2.65. The van der Waals surface area contributed by atoms with Gasteiger partial charge in [0, 0.05) is 12.7 Å². The van der Waals surface area contributed by atoms with Gasteiger partial charge in [0.05, 0.1) is 18.3 Å². The molecule has 0 spiro atoms. The van der Waals surface area contributed by atoms with E-state index < -0.39 is 5.54 Å². The standard InChI is InChI=1S/C10H13FN2O2/c11-8-1-2-9(13-5-8)15-7-10(12)3-4-14-6-10/h1-2,5H,3-4,6-7,12H2. The van der Waals surface area contributed by atoms with Crippen LogP contribution in [-0.4, -0.2) is 30.3 Å². The summed E-state index contributed by atoms with van der Waals surface area (Å²) in [5, 5.41) is 0. The summed E-state index contributed by atoms with van der Waals surface area (Å²) in [6, 6.07) is 2.78. The number of nitrogens with two attached hydrogens (primary N) is 1. The number of aromatic nitrogens is 1. The number of pyridine rings is 1. The first-order chi connectivity index (χ1) is 7.18. The highest BCUT2D eigenvalue weighted by Crippen LogP contribution is 2.17. The molecule has 0 radical (unpaired) electrons. The van der Waals surface area contributed by atoms with Crippen molar-refractivity contribution in [2.45, 2.75) is 12.0 Å². The van der Waals surface area contributed by atoms with Crippen LogP contribution < -0.4 is 10.5 Å². The van der Waals surface area contributed by atoms with Gasteiger partial charge in [-0.3, -0.25) is 0 Å². The van der Waals surface area contributed by atoms with E-state index >= 15 is 0 Å². The molecule has 1 aliphatic rings. The number of rotatable bonds is 3. The van der Waals surface area contributed by atoms with Crippen molar-refractivity contribution >= 4 is 0 Å². The van der Waals surface area contributed by atoms with Crippen molar-refractivity contribution in [2.24, 2.45) is 5.73 Å². The van der Waals surface area contributed by atoms with Gasteiger partial charge in [0.1, 0.15) is 12.4 Å². The van der Waals surface area contributed by atoms with Crippen molar-refractivity contribution in [3.05, 3.63) is 24.1 Å². The quantitative estimate of drug-likeness (QED) is 0.802. The number of hydrogen-bond donors (Lipinski definition) is 1. The van der Waals surface area contributed by atoms with Gasteiger partial charge in [0.2, 0.25) is 5.88 Å². The third kappa shape index (κ3) is 2.64. The molecule has 15 heavy (non-hydrogen) atoms. The number of ether oxygens (including phenoxy) is 2. The molecular weight excluding hydrogens is 199 g/mol. The summed E-state index contributed by atoms with van der Waals surface area (Å²) in [6.07, 6.45) is 1.89. The van der Waals surface area contributed by atoms with Crippen LogP contribution in [0.1, 0.15) is 6.42 Å². The molecule has 2 heterocycles. The second-order valence-electron chi connectivity index (χ2n) is 3.77. The topological polar surface area (TPSA) is 57.4 Å². The molecule has 0 saturated carbocycles. The van der Waals surface area contributed by atoms with Crippen LogP contribution in [0, 0.1) is 5.82 Å². The first-order valence-electron chi connectivity index (χ1n) is 4.79. The van der Waals surface area contributed by atoms with Gasteiger partial charge in [0.15, 0.2) is 0 Å². The summed E-state index contributed by atoms with van der Waals surface area (Å²) in [6.45, 7) is 1.50. The highest BCUT2D eigenvalue weighted by atomic mass is 19.1. The van der Waals surface area contributed by atoms with E-state index in [1.54, 1.807) is 0 Å². The minimum absolute atomic E-state index is 0.339. The maximum atomic E-state index is 12.5. The van der Waals surface area contributed by atoms with Crippen LogP contribution in [0.5, 0.6) is 5.88 Å². The van der Waals surface area contributed by atoms with E-state index in [-0.39, 0.29) is 5.82 Å². The summed E-state index contributed by atoms with van der Waals surface area (Å²) in [7, 11) is 0. The van der Waals surface area contributed by atoms with E-state index in [0.717, 1.165) is 12.6 Å². The van der Waals surface area contributed by atoms with Crippen molar-refractivity contribution in [3.8, 4) is 5.88 Å². The molecule has 2 N–H and O–H groups in total. The lowest BCUT2D eigenvalue weighted by Gasteiger charge is -2.21. The minimum atomic E-state index is -0.434. The van der Waals surface area contributed by atoms with Crippen molar-refractivity contribution in [1.29, 1.82) is 0 Å². The Balaban J connectivity index is 1.90. The van der Waals surface area contributed by atoms with Gasteiger partial charge in [-0.05, 0) is 12.5 Å². The molecule has 1 aromatic rings. The molecule has 1 atom stereocenters. The van der Waals surface area contributed by atoms with Gasteiger partial charge < -0.3 is 15.2 Å². The monoisotopic (exact) mass is 212 g/mol. The van der Waals surface area contributed by atoms with Crippen LogP contribution in [0.25, 0.3) is 0 Å². The molecule has 1 unspecified atom stereocenters. The lowest BCUT2D eigenvalue weighted by atomic mass is 10.0. The fourth-order valence-electron chi connectivity index (χ4n) is 1.40. The van der Waals surface area contributed by atoms with Gasteiger partial charge in [-0.15, -0.1) is 0 Å². The van der Waals surface area contributed by atoms with E-state index in [4.69, 9.17) is 15.2 Å². The molecule has 0 aromatic carbocycles. The third-order valence-electron chi connectivity index (χ3n) is 2.34. The molecule has 1 aliphatic heterocycles. The van der Waals surface area contributed by atoms with E-state index in [9.17, 15) is 4.39 Å². The molecule has 1 aromatic heterocycles. The molecule has 1 saturated heterocycles. The predicted octanol–water partition coefficient (Wildman–Crippen LogP) is 0.717. The van der Waals surface area contributed by atoms with E-state index in [0.29, 0.717) is 25.7 Å². The fourth-order valence-corrected chi connectivity index (χ4v) is 1.40. The Morgan fingerprint density at radius 3 is 3.07 bits per heavy atom. The molecular formula is C10H13FN2O2. The first-order valence-corrected chi connectivity index (χ1v) is 4.79. The van der Waals surface area contributed by atoms with Crippen LogP contribution in [0.4, 0.5) is 4.39 Å². The molecule has 5 heteroatoms. The van der Waals surface area contributed by atoms with Gasteiger partial charge in [-0.25, -0.2) is 9.37 Å². The normalized spacial score (nSPS) is 25.5. The van der Waals surface area contributed by atoms with Crippen LogP contribution in [0.15, 0.2) is 18.3 Å². The predicted molar refractivity (Wildman–Crippen MR) is 52.0 cm³/mol. The van der Waals surface area contributed by atoms with Gasteiger partial charge in [-0.2, -0.15) is 0 Å². The molecule has 1 fully saturated rings. The van der Waals surface area contributed by atoms with Gasteiger partial charge in [0.25, 0.3) is 0 Å². The number of hydrogen-bond acceptors (Lipinski definition) is 4. The third-order valence-corrected chi connectivity index (χ3v) is 2.34. The largest absolute Gasteiger partial charge is 0.476 e. The minimum Gasteiger partial charge on any atom is -0.476 e. The summed E-state index contributed by atoms with van der Waals surface area (Å²) in [5.74, 6) is 0.00198. The Bertz CT molecular complexity index is 323. The highest BCUT2D eigenvalue weighted by Gasteiger charge is 2.31. The molecule has 0 bridgehead atoms. The van der Waals surface area contributed by atoms with E-state index in [2.05, 4.69) is 4.98 Å².